The molecule has 4 nitrogen and oxygen atoms in total. The molecule has 2 rings (SSSR count). The lowest BCUT2D eigenvalue weighted by molar-refractivity contribution is 0.109. The number of halogens is 1. The Bertz CT molecular complexity index is 403. The van der Waals surface area contributed by atoms with Crippen molar-refractivity contribution in [3.05, 3.63) is 17.8 Å². The first-order valence-corrected chi connectivity index (χ1v) is 6.55. The van der Waals surface area contributed by atoms with Gasteiger partial charge in [0.05, 0.1) is 11.8 Å². The van der Waals surface area contributed by atoms with Crippen molar-refractivity contribution in [2.75, 3.05) is 18.0 Å². The highest BCUT2D eigenvalue weighted by Gasteiger charge is 2.25. The topological polar surface area (TPSA) is 49.2 Å². The summed E-state index contributed by atoms with van der Waals surface area (Å²) in [5.41, 5.74) is 0.470. The summed E-state index contributed by atoms with van der Waals surface area (Å²) < 4.78 is 14.1. The van der Waals surface area contributed by atoms with Crippen LogP contribution in [-0.2, 0) is 6.42 Å². The van der Waals surface area contributed by atoms with Gasteiger partial charge in [-0.15, -0.1) is 0 Å². The number of aryl methyl sites for hydroxylation is 1. The predicted octanol–water partition coefficient (Wildman–Crippen LogP) is 1.78. The fraction of sp³-hybridized carbons (Fsp3) is 0.692. The highest BCUT2D eigenvalue weighted by molar-refractivity contribution is 5.41. The van der Waals surface area contributed by atoms with E-state index in [1.807, 2.05) is 18.7 Å². The minimum atomic E-state index is -0.296. The molecule has 1 atom stereocenters. The van der Waals surface area contributed by atoms with Crippen molar-refractivity contribution in [1.29, 1.82) is 0 Å². The Morgan fingerprint density at radius 1 is 1.44 bits per heavy atom. The van der Waals surface area contributed by atoms with Crippen LogP contribution < -0.4 is 4.90 Å². The zero-order valence-corrected chi connectivity index (χ0v) is 10.9. The van der Waals surface area contributed by atoms with Crippen LogP contribution in [0.1, 0.15) is 32.4 Å². The van der Waals surface area contributed by atoms with Crippen LogP contribution in [0, 0.1) is 11.7 Å². The van der Waals surface area contributed by atoms with E-state index in [2.05, 4.69) is 9.97 Å². The average molecular weight is 253 g/mol. The summed E-state index contributed by atoms with van der Waals surface area (Å²) >= 11 is 0. The Hall–Kier alpha value is -1.23. The summed E-state index contributed by atoms with van der Waals surface area (Å²) in [4.78, 5) is 9.95. The molecule has 5 heteroatoms. The van der Waals surface area contributed by atoms with Crippen LogP contribution in [0.5, 0.6) is 0 Å². The highest BCUT2D eigenvalue weighted by Crippen LogP contribution is 2.26. The van der Waals surface area contributed by atoms with Gasteiger partial charge in [-0.3, -0.25) is 0 Å². The molecule has 1 fully saturated rings. The number of hydrogen-bond donors (Lipinski definition) is 1. The molecule has 2 heterocycles. The number of anilines is 1. The summed E-state index contributed by atoms with van der Waals surface area (Å²) in [7, 11) is 0. The van der Waals surface area contributed by atoms with Gasteiger partial charge in [-0.2, -0.15) is 0 Å². The standard InChI is InChI=1S/C13H20FN3O/c1-3-11-12(14)13(16-8-15-11)17-6-4-10(5-7-17)9(2)18/h8-10,18H,3-7H2,1-2H3. The molecule has 0 amide bonds. The van der Waals surface area contributed by atoms with Gasteiger partial charge in [-0.1, -0.05) is 6.92 Å². The number of aromatic nitrogens is 2. The quantitative estimate of drug-likeness (QED) is 0.892. The van der Waals surface area contributed by atoms with Gasteiger partial charge in [0.25, 0.3) is 0 Å². The highest BCUT2D eigenvalue weighted by atomic mass is 19.1. The molecule has 0 aliphatic carbocycles. The Morgan fingerprint density at radius 2 is 2.11 bits per heavy atom. The van der Waals surface area contributed by atoms with Gasteiger partial charge in [0.2, 0.25) is 0 Å². The molecule has 0 saturated carbocycles. The second kappa shape index (κ2) is 5.61. The third kappa shape index (κ3) is 2.61. The average Bonchev–Trinajstić information content (AvgIpc) is 2.39. The maximum atomic E-state index is 14.1. The van der Waals surface area contributed by atoms with E-state index in [4.69, 9.17) is 0 Å². The lowest BCUT2D eigenvalue weighted by Crippen LogP contribution is -2.38. The maximum absolute atomic E-state index is 14.1. The number of hydrogen-bond acceptors (Lipinski definition) is 4. The Labute approximate surface area is 107 Å². The van der Waals surface area contributed by atoms with Gasteiger partial charge < -0.3 is 10.0 Å². The van der Waals surface area contributed by atoms with Gasteiger partial charge >= 0.3 is 0 Å². The van der Waals surface area contributed by atoms with Crippen LogP contribution in [0.4, 0.5) is 10.2 Å². The molecule has 1 aliphatic rings. The van der Waals surface area contributed by atoms with Gasteiger partial charge in [-0.25, -0.2) is 14.4 Å². The molecule has 18 heavy (non-hydrogen) atoms. The summed E-state index contributed by atoms with van der Waals surface area (Å²) in [6, 6.07) is 0. The molecule has 0 bridgehead atoms. The summed E-state index contributed by atoms with van der Waals surface area (Å²) in [5, 5.41) is 9.55. The van der Waals surface area contributed by atoms with Crippen molar-refractivity contribution in [2.24, 2.45) is 5.92 Å². The second-order valence-corrected chi connectivity index (χ2v) is 4.88. The smallest absolute Gasteiger partial charge is 0.187 e. The number of nitrogens with zero attached hydrogens (tertiary/aromatic N) is 3. The normalized spacial score (nSPS) is 19.0. The van der Waals surface area contributed by atoms with Gasteiger partial charge in [0.15, 0.2) is 11.6 Å². The first-order chi connectivity index (χ1) is 8.63. The fourth-order valence-corrected chi connectivity index (χ4v) is 2.46. The number of aliphatic hydroxyl groups is 1. The second-order valence-electron chi connectivity index (χ2n) is 4.88. The summed E-state index contributed by atoms with van der Waals surface area (Å²) in [6.07, 6.45) is 3.47. The van der Waals surface area contributed by atoms with Crippen molar-refractivity contribution in [2.45, 2.75) is 39.2 Å². The van der Waals surface area contributed by atoms with Crippen LogP contribution in [-0.4, -0.2) is 34.3 Å². The molecule has 0 aromatic carbocycles. The third-order valence-corrected chi connectivity index (χ3v) is 3.70. The fourth-order valence-electron chi connectivity index (χ4n) is 2.46. The van der Waals surface area contributed by atoms with Crippen molar-refractivity contribution in [3.8, 4) is 0 Å². The van der Waals surface area contributed by atoms with Gasteiger partial charge in [0, 0.05) is 13.1 Å². The van der Waals surface area contributed by atoms with Crippen molar-refractivity contribution in [3.63, 3.8) is 0 Å². The van der Waals surface area contributed by atoms with Crippen molar-refractivity contribution in [1.82, 2.24) is 9.97 Å². The van der Waals surface area contributed by atoms with E-state index >= 15 is 0 Å². The molecule has 1 aromatic heterocycles. The molecule has 1 aromatic rings. The summed E-state index contributed by atoms with van der Waals surface area (Å²) in [6.45, 7) is 5.19. The Balaban J connectivity index is 2.10. The Morgan fingerprint density at radius 3 is 2.67 bits per heavy atom. The van der Waals surface area contributed by atoms with Crippen LogP contribution in [0.2, 0.25) is 0 Å². The third-order valence-electron chi connectivity index (χ3n) is 3.70. The molecule has 0 radical (unpaired) electrons. The van der Waals surface area contributed by atoms with E-state index in [0.717, 1.165) is 25.9 Å². The maximum Gasteiger partial charge on any atom is 0.187 e. The van der Waals surface area contributed by atoms with E-state index in [0.29, 0.717) is 23.9 Å². The first kappa shape index (κ1) is 13.2. The minimum absolute atomic E-state index is 0.284. The lowest BCUT2D eigenvalue weighted by atomic mass is 9.92. The van der Waals surface area contributed by atoms with Gasteiger partial charge in [0.1, 0.15) is 6.33 Å². The lowest BCUT2D eigenvalue weighted by Gasteiger charge is -2.34. The first-order valence-electron chi connectivity index (χ1n) is 6.55. The predicted molar refractivity (Wildman–Crippen MR) is 68.0 cm³/mol. The molecule has 100 valence electrons. The van der Waals surface area contributed by atoms with Crippen molar-refractivity contribution >= 4 is 5.82 Å². The van der Waals surface area contributed by atoms with E-state index in [-0.39, 0.29) is 11.9 Å². The molecule has 0 spiro atoms. The zero-order chi connectivity index (χ0) is 13.1. The molecule has 1 unspecified atom stereocenters. The number of rotatable bonds is 3. The zero-order valence-electron chi connectivity index (χ0n) is 10.9. The van der Waals surface area contributed by atoms with E-state index in [1.54, 1.807) is 0 Å². The van der Waals surface area contributed by atoms with E-state index in [1.165, 1.54) is 6.33 Å². The summed E-state index contributed by atoms with van der Waals surface area (Å²) in [5.74, 6) is 0.429. The molecular weight excluding hydrogens is 233 g/mol. The van der Waals surface area contributed by atoms with E-state index in [9.17, 15) is 9.50 Å². The van der Waals surface area contributed by atoms with Gasteiger partial charge in [-0.05, 0) is 32.1 Å². The monoisotopic (exact) mass is 253 g/mol. The van der Waals surface area contributed by atoms with Crippen LogP contribution in [0.15, 0.2) is 6.33 Å². The molecular formula is C13H20FN3O. The SMILES string of the molecule is CCc1ncnc(N2CCC(C(C)O)CC2)c1F. The van der Waals surface area contributed by atoms with Crippen LogP contribution in [0.3, 0.4) is 0 Å². The number of piperidine rings is 1. The minimum Gasteiger partial charge on any atom is -0.393 e. The van der Waals surface area contributed by atoms with E-state index < -0.39 is 0 Å². The molecule has 1 saturated heterocycles. The molecule has 1 N–H and O–H groups in total. The van der Waals surface area contributed by atoms with Crippen molar-refractivity contribution < 1.29 is 9.50 Å². The molecule has 1 aliphatic heterocycles. The number of aliphatic hydroxyl groups excluding tert-OH is 1. The van der Waals surface area contributed by atoms with Crippen LogP contribution >= 0.6 is 0 Å². The van der Waals surface area contributed by atoms with Crippen LogP contribution in [0.25, 0.3) is 0 Å². The largest absolute Gasteiger partial charge is 0.393 e. The Kier molecular flexibility index (Phi) is 4.11.